The molecule has 1 aromatic heterocycles. The molecule has 3 rings (SSSR count). The first-order valence-corrected chi connectivity index (χ1v) is 8.04. The summed E-state index contributed by atoms with van der Waals surface area (Å²) in [5.41, 5.74) is 1.89. The van der Waals surface area contributed by atoms with E-state index in [1.165, 1.54) is 38.5 Å². The molecule has 0 aromatic carbocycles. The number of aliphatic carboxylic acids is 1. The van der Waals surface area contributed by atoms with E-state index in [1.54, 1.807) is 0 Å². The Morgan fingerprint density at radius 2 is 1.90 bits per heavy atom. The topological polar surface area (TPSA) is 66.0 Å². The highest BCUT2D eigenvalue weighted by molar-refractivity contribution is 5.76. The highest BCUT2D eigenvalue weighted by Gasteiger charge is 2.30. The minimum Gasteiger partial charge on any atom is -0.481 e. The maximum atomic E-state index is 11.3. The largest absolute Gasteiger partial charge is 0.481 e. The van der Waals surface area contributed by atoms with Crippen LogP contribution >= 0.6 is 0 Å². The molecule has 1 atom stereocenters. The van der Waals surface area contributed by atoms with Gasteiger partial charge in [0.05, 0.1) is 5.69 Å². The molecular weight excluding hydrogens is 252 g/mol. The zero-order valence-electron chi connectivity index (χ0n) is 12.0. The molecular formula is C16H24N2O2. The Balaban J connectivity index is 1.73. The number of aryl methyl sites for hydroxylation is 1. The van der Waals surface area contributed by atoms with Crippen LogP contribution in [-0.2, 0) is 17.6 Å². The lowest BCUT2D eigenvalue weighted by Gasteiger charge is -2.16. The molecule has 1 aromatic rings. The lowest BCUT2D eigenvalue weighted by molar-refractivity contribution is -0.139. The molecule has 2 aliphatic carbocycles. The van der Waals surface area contributed by atoms with Crippen molar-refractivity contribution in [2.24, 2.45) is 5.92 Å². The third-order valence-electron chi connectivity index (χ3n) is 4.86. The number of imidazole rings is 1. The molecule has 1 heterocycles. The number of nitrogens with one attached hydrogen (secondary N) is 1. The second-order valence-corrected chi connectivity index (χ2v) is 6.39. The van der Waals surface area contributed by atoms with Crippen molar-refractivity contribution in [2.75, 3.05) is 0 Å². The van der Waals surface area contributed by atoms with E-state index in [9.17, 15) is 9.90 Å². The van der Waals surface area contributed by atoms with Gasteiger partial charge in [-0.05, 0) is 25.2 Å². The molecule has 2 N–H and O–H groups in total. The van der Waals surface area contributed by atoms with Gasteiger partial charge in [0.25, 0.3) is 0 Å². The SMILES string of the molecule is O=C(O)C1CCCc2[nH]c(CC3CCCCCC3)nc21. The molecule has 0 bridgehead atoms. The Bertz CT molecular complexity index is 473. The molecule has 0 aliphatic heterocycles. The molecule has 2 aliphatic rings. The van der Waals surface area contributed by atoms with Gasteiger partial charge >= 0.3 is 5.97 Å². The number of nitrogens with zero attached hydrogens (tertiary/aromatic N) is 1. The number of aromatic nitrogens is 2. The first-order valence-electron chi connectivity index (χ1n) is 8.04. The molecule has 0 amide bonds. The average molecular weight is 276 g/mol. The number of rotatable bonds is 3. The van der Waals surface area contributed by atoms with Crippen LogP contribution in [0.1, 0.15) is 74.5 Å². The number of carboxylic acids is 1. The Morgan fingerprint density at radius 1 is 1.15 bits per heavy atom. The molecule has 4 heteroatoms. The van der Waals surface area contributed by atoms with Gasteiger partial charge in [0.1, 0.15) is 11.7 Å². The van der Waals surface area contributed by atoms with Crippen molar-refractivity contribution in [3.05, 3.63) is 17.2 Å². The Hall–Kier alpha value is -1.32. The molecule has 4 nitrogen and oxygen atoms in total. The summed E-state index contributed by atoms with van der Waals surface area (Å²) < 4.78 is 0. The predicted molar refractivity (Wildman–Crippen MR) is 76.8 cm³/mol. The van der Waals surface area contributed by atoms with E-state index in [0.29, 0.717) is 0 Å². The Kier molecular flexibility index (Phi) is 4.08. The van der Waals surface area contributed by atoms with Crippen LogP contribution in [0.15, 0.2) is 0 Å². The first-order chi connectivity index (χ1) is 9.74. The number of hydrogen-bond acceptors (Lipinski definition) is 2. The third kappa shape index (κ3) is 2.89. The molecule has 1 saturated carbocycles. The van der Waals surface area contributed by atoms with E-state index >= 15 is 0 Å². The maximum absolute atomic E-state index is 11.3. The summed E-state index contributed by atoms with van der Waals surface area (Å²) in [6, 6.07) is 0. The summed E-state index contributed by atoms with van der Waals surface area (Å²) in [6.07, 6.45) is 11.6. The standard InChI is InChI=1S/C16H24N2O2/c19-16(20)12-8-5-9-13-15(12)18-14(17-13)10-11-6-3-1-2-4-7-11/h11-12H,1-10H2,(H,17,18)(H,19,20). The number of hydrogen-bond donors (Lipinski definition) is 2. The van der Waals surface area contributed by atoms with Gasteiger partial charge in [-0.15, -0.1) is 0 Å². The highest BCUT2D eigenvalue weighted by atomic mass is 16.4. The fourth-order valence-electron chi connectivity index (χ4n) is 3.76. The van der Waals surface area contributed by atoms with Gasteiger partial charge in [-0.3, -0.25) is 4.79 Å². The van der Waals surface area contributed by atoms with Crippen LogP contribution < -0.4 is 0 Å². The van der Waals surface area contributed by atoms with Gasteiger partial charge in [-0.2, -0.15) is 0 Å². The van der Waals surface area contributed by atoms with E-state index in [2.05, 4.69) is 9.97 Å². The van der Waals surface area contributed by atoms with Crippen molar-refractivity contribution in [1.29, 1.82) is 0 Å². The monoisotopic (exact) mass is 276 g/mol. The van der Waals surface area contributed by atoms with Crippen LogP contribution in [-0.4, -0.2) is 21.0 Å². The van der Waals surface area contributed by atoms with Crippen LogP contribution in [0.25, 0.3) is 0 Å². The Labute approximate surface area is 120 Å². The van der Waals surface area contributed by atoms with E-state index in [1.807, 2.05) is 0 Å². The number of aromatic amines is 1. The van der Waals surface area contributed by atoms with Gasteiger partial charge in [0, 0.05) is 12.1 Å². The van der Waals surface area contributed by atoms with Crippen LogP contribution in [0, 0.1) is 5.92 Å². The molecule has 0 radical (unpaired) electrons. The van der Waals surface area contributed by atoms with Gasteiger partial charge in [-0.1, -0.05) is 38.5 Å². The van der Waals surface area contributed by atoms with Crippen molar-refractivity contribution in [1.82, 2.24) is 9.97 Å². The third-order valence-corrected chi connectivity index (χ3v) is 4.86. The normalized spacial score (nSPS) is 24.1. The zero-order valence-corrected chi connectivity index (χ0v) is 12.0. The lowest BCUT2D eigenvalue weighted by atomic mass is 9.90. The number of H-pyrrole nitrogens is 1. The molecule has 0 saturated heterocycles. The molecule has 1 unspecified atom stereocenters. The summed E-state index contributed by atoms with van der Waals surface area (Å²) in [6.45, 7) is 0. The summed E-state index contributed by atoms with van der Waals surface area (Å²) in [5, 5.41) is 9.30. The number of carbonyl (C=O) groups is 1. The quantitative estimate of drug-likeness (QED) is 0.831. The second kappa shape index (κ2) is 5.98. The maximum Gasteiger partial charge on any atom is 0.312 e. The van der Waals surface area contributed by atoms with Gasteiger partial charge in [-0.25, -0.2) is 4.98 Å². The number of carboxylic acid groups (broad SMARTS) is 1. The van der Waals surface area contributed by atoms with Crippen molar-refractivity contribution in [3.63, 3.8) is 0 Å². The van der Waals surface area contributed by atoms with Gasteiger partial charge < -0.3 is 10.1 Å². The van der Waals surface area contributed by atoms with Gasteiger partial charge in [0.15, 0.2) is 0 Å². The van der Waals surface area contributed by atoms with Crippen molar-refractivity contribution in [2.45, 2.75) is 70.1 Å². The van der Waals surface area contributed by atoms with E-state index in [0.717, 1.165) is 48.8 Å². The summed E-state index contributed by atoms with van der Waals surface area (Å²) in [5.74, 6) is 0.639. The minimum absolute atomic E-state index is 0.391. The van der Waals surface area contributed by atoms with E-state index in [-0.39, 0.29) is 0 Å². The fourth-order valence-corrected chi connectivity index (χ4v) is 3.76. The van der Waals surface area contributed by atoms with E-state index in [4.69, 9.17) is 0 Å². The Morgan fingerprint density at radius 3 is 2.60 bits per heavy atom. The average Bonchev–Trinajstić information content (AvgIpc) is 2.65. The van der Waals surface area contributed by atoms with E-state index < -0.39 is 11.9 Å². The van der Waals surface area contributed by atoms with Crippen molar-refractivity contribution >= 4 is 5.97 Å². The summed E-state index contributed by atoms with van der Waals surface area (Å²) in [4.78, 5) is 19.4. The fraction of sp³-hybridized carbons (Fsp3) is 0.750. The smallest absolute Gasteiger partial charge is 0.312 e. The van der Waals surface area contributed by atoms with Gasteiger partial charge in [0.2, 0.25) is 0 Å². The van der Waals surface area contributed by atoms with Crippen LogP contribution in [0.4, 0.5) is 0 Å². The number of fused-ring (bicyclic) bond motifs is 1. The van der Waals surface area contributed by atoms with Crippen molar-refractivity contribution < 1.29 is 9.90 Å². The van der Waals surface area contributed by atoms with Crippen molar-refractivity contribution in [3.8, 4) is 0 Å². The molecule has 0 spiro atoms. The zero-order chi connectivity index (χ0) is 13.9. The molecule has 110 valence electrons. The predicted octanol–water partition coefficient (Wildman–Crippen LogP) is 3.43. The first kappa shape index (κ1) is 13.7. The van der Waals surface area contributed by atoms with Crippen LogP contribution in [0.5, 0.6) is 0 Å². The second-order valence-electron chi connectivity index (χ2n) is 6.39. The molecule has 1 fully saturated rings. The summed E-state index contributed by atoms with van der Waals surface area (Å²) in [7, 11) is 0. The van der Waals surface area contributed by atoms with Crippen LogP contribution in [0.2, 0.25) is 0 Å². The highest BCUT2D eigenvalue weighted by Crippen LogP contribution is 2.31. The summed E-state index contributed by atoms with van der Waals surface area (Å²) >= 11 is 0. The molecule has 20 heavy (non-hydrogen) atoms. The van der Waals surface area contributed by atoms with Crippen LogP contribution in [0.3, 0.4) is 0 Å². The lowest BCUT2D eigenvalue weighted by Crippen LogP contribution is -2.17. The minimum atomic E-state index is -0.724.